The molecule has 1 aromatic carbocycles. The highest BCUT2D eigenvalue weighted by atomic mass is 32.1. The third-order valence-electron chi connectivity index (χ3n) is 5.49. The summed E-state index contributed by atoms with van der Waals surface area (Å²) in [5.41, 5.74) is 3.88. The van der Waals surface area contributed by atoms with Crippen LogP contribution in [0.1, 0.15) is 52.2 Å². The van der Waals surface area contributed by atoms with Gasteiger partial charge in [-0.25, -0.2) is 19.6 Å². The molecule has 3 heterocycles. The molecule has 0 N–H and O–H groups in total. The van der Waals surface area contributed by atoms with Crippen molar-refractivity contribution in [3.63, 3.8) is 0 Å². The van der Waals surface area contributed by atoms with Crippen molar-refractivity contribution >= 4 is 27.5 Å². The van der Waals surface area contributed by atoms with Crippen LogP contribution in [0.5, 0.6) is 0 Å². The van der Waals surface area contributed by atoms with Gasteiger partial charge in [-0.3, -0.25) is 4.79 Å². The van der Waals surface area contributed by atoms with Crippen LogP contribution in [0.4, 0.5) is 0 Å². The maximum Gasteiger partial charge on any atom is 0.264 e. The number of fused-ring (bicyclic) bond motifs is 1. The van der Waals surface area contributed by atoms with Crippen molar-refractivity contribution in [1.29, 1.82) is 0 Å². The van der Waals surface area contributed by atoms with Gasteiger partial charge in [-0.1, -0.05) is 19.1 Å². The fourth-order valence-corrected chi connectivity index (χ4v) is 4.80. The molecule has 1 amide bonds. The van der Waals surface area contributed by atoms with Gasteiger partial charge in [0.1, 0.15) is 23.3 Å². The van der Waals surface area contributed by atoms with Crippen molar-refractivity contribution in [3.8, 4) is 5.69 Å². The second kappa shape index (κ2) is 7.95. The number of hydrogen-bond donors (Lipinski definition) is 0. The summed E-state index contributed by atoms with van der Waals surface area (Å²) in [5.74, 6) is 0.815. The number of hydrogen-bond acceptors (Lipinski definition) is 6. The van der Waals surface area contributed by atoms with Crippen LogP contribution in [0.15, 0.2) is 36.9 Å². The second-order valence-corrected chi connectivity index (χ2v) is 8.34. The summed E-state index contributed by atoms with van der Waals surface area (Å²) in [6.45, 7) is 8.04. The van der Waals surface area contributed by atoms with E-state index in [2.05, 4.69) is 20.1 Å². The minimum absolute atomic E-state index is 0.000742. The summed E-state index contributed by atoms with van der Waals surface area (Å²) >= 11 is 1.46. The van der Waals surface area contributed by atoms with Gasteiger partial charge in [0.2, 0.25) is 0 Å². The molecule has 1 atom stereocenters. The quantitative estimate of drug-likeness (QED) is 0.481. The molecule has 0 bridgehead atoms. The van der Waals surface area contributed by atoms with Crippen LogP contribution in [0.25, 0.3) is 15.9 Å². The van der Waals surface area contributed by atoms with Crippen molar-refractivity contribution in [2.75, 3.05) is 7.05 Å². The predicted octanol–water partition coefficient (Wildman–Crippen LogP) is 4.28. The van der Waals surface area contributed by atoms with Gasteiger partial charge in [0, 0.05) is 24.5 Å². The fourth-order valence-electron chi connectivity index (χ4n) is 3.56. The van der Waals surface area contributed by atoms with Gasteiger partial charge in [-0.05, 0) is 44.0 Å². The van der Waals surface area contributed by atoms with Crippen molar-refractivity contribution in [3.05, 3.63) is 64.4 Å². The Morgan fingerprint density at radius 3 is 2.57 bits per heavy atom. The van der Waals surface area contributed by atoms with Crippen LogP contribution in [-0.4, -0.2) is 42.6 Å². The summed E-state index contributed by atoms with van der Waals surface area (Å²) in [7, 11) is 1.85. The number of amides is 1. The van der Waals surface area contributed by atoms with Gasteiger partial charge >= 0.3 is 0 Å². The van der Waals surface area contributed by atoms with Gasteiger partial charge < -0.3 is 4.90 Å². The first-order valence-corrected chi connectivity index (χ1v) is 10.7. The lowest BCUT2D eigenvalue weighted by molar-refractivity contribution is 0.0747. The molecule has 4 aromatic rings. The van der Waals surface area contributed by atoms with Gasteiger partial charge in [0.05, 0.1) is 16.6 Å². The van der Waals surface area contributed by atoms with E-state index in [-0.39, 0.29) is 11.9 Å². The van der Waals surface area contributed by atoms with Crippen LogP contribution in [0, 0.1) is 13.8 Å². The standard InChI is InChI=1S/C22H24N6OS/c1-6-18-25-14(3)19-13(2)20(30-21(19)26-18)22(29)27(5)15(4)16-7-9-17(10-8-16)28-12-23-11-24-28/h7-12,15H,6H2,1-5H3/t15-/m1/s1. The average Bonchev–Trinajstić information content (AvgIpc) is 3.40. The van der Waals surface area contributed by atoms with Crippen molar-refractivity contribution in [2.24, 2.45) is 0 Å². The summed E-state index contributed by atoms with van der Waals surface area (Å²) < 4.78 is 1.71. The van der Waals surface area contributed by atoms with Crippen molar-refractivity contribution in [2.45, 2.75) is 40.2 Å². The highest BCUT2D eigenvalue weighted by Crippen LogP contribution is 2.33. The molecule has 3 aromatic heterocycles. The fraction of sp³-hybridized carbons (Fsp3) is 0.318. The molecule has 0 saturated heterocycles. The third-order valence-corrected chi connectivity index (χ3v) is 6.66. The smallest absolute Gasteiger partial charge is 0.264 e. The Labute approximate surface area is 179 Å². The maximum absolute atomic E-state index is 13.3. The average molecular weight is 421 g/mol. The Balaban J connectivity index is 1.61. The number of carbonyl (C=O) groups is 1. The van der Waals surface area contributed by atoms with Crippen LogP contribution in [0.2, 0.25) is 0 Å². The van der Waals surface area contributed by atoms with E-state index in [4.69, 9.17) is 0 Å². The number of nitrogens with zero attached hydrogens (tertiary/aromatic N) is 6. The Hall–Kier alpha value is -3.13. The van der Waals surface area contributed by atoms with Gasteiger partial charge in [0.25, 0.3) is 5.91 Å². The molecule has 7 nitrogen and oxygen atoms in total. The van der Waals surface area contributed by atoms with Gasteiger partial charge in [0.15, 0.2) is 0 Å². The van der Waals surface area contributed by atoms with E-state index in [9.17, 15) is 4.79 Å². The first kappa shape index (κ1) is 20.2. The topological polar surface area (TPSA) is 76.8 Å². The SMILES string of the molecule is CCc1nc(C)c2c(C)c(C(=O)N(C)[C@H](C)c3ccc(-n4cncn4)cc3)sc2n1. The molecule has 0 aliphatic carbocycles. The van der Waals surface area contributed by atoms with E-state index >= 15 is 0 Å². The third kappa shape index (κ3) is 3.47. The number of carbonyl (C=O) groups excluding carboxylic acids is 1. The van der Waals surface area contributed by atoms with Crippen molar-refractivity contribution < 1.29 is 4.79 Å². The monoisotopic (exact) mass is 420 g/mol. The van der Waals surface area contributed by atoms with E-state index in [0.717, 1.165) is 49.8 Å². The first-order valence-electron chi connectivity index (χ1n) is 9.89. The van der Waals surface area contributed by atoms with E-state index in [1.807, 2.05) is 59.0 Å². The molecule has 0 radical (unpaired) electrons. The molecule has 0 aliphatic heterocycles. The zero-order valence-corrected chi connectivity index (χ0v) is 18.6. The van der Waals surface area contributed by atoms with E-state index in [0.29, 0.717) is 0 Å². The molecular weight excluding hydrogens is 396 g/mol. The number of aryl methyl sites for hydroxylation is 3. The van der Waals surface area contributed by atoms with E-state index < -0.39 is 0 Å². The first-order chi connectivity index (χ1) is 14.4. The Morgan fingerprint density at radius 2 is 1.93 bits per heavy atom. The summed E-state index contributed by atoms with van der Waals surface area (Å²) in [4.78, 5) is 29.9. The lowest BCUT2D eigenvalue weighted by Gasteiger charge is -2.25. The Kier molecular flexibility index (Phi) is 5.34. The van der Waals surface area contributed by atoms with Gasteiger partial charge in [-0.15, -0.1) is 11.3 Å². The van der Waals surface area contributed by atoms with Crippen LogP contribution < -0.4 is 0 Å². The van der Waals surface area contributed by atoms with Gasteiger partial charge in [-0.2, -0.15) is 5.10 Å². The minimum atomic E-state index is -0.0784. The highest BCUT2D eigenvalue weighted by molar-refractivity contribution is 7.20. The van der Waals surface area contributed by atoms with Crippen molar-refractivity contribution in [1.82, 2.24) is 29.6 Å². The number of aromatic nitrogens is 5. The van der Waals surface area contributed by atoms with E-state index in [1.165, 1.54) is 17.7 Å². The highest BCUT2D eigenvalue weighted by Gasteiger charge is 2.25. The Morgan fingerprint density at radius 1 is 1.20 bits per heavy atom. The molecule has 4 rings (SSSR count). The molecule has 0 unspecified atom stereocenters. The lowest BCUT2D eigenvalue weighted by atomic mass is 10.1. The molecule has 0 aliphatic rings. The maximum atomic E-state index is 13.3. The predicted molar refractivity (Wildman–Crippen MR) is 118 cm³/mol. The molecule has 0 saturated carbocycles. The molecule has 0 spiro atoms. The largest absolute Gasteiger partial charge is 0.334 e. The summed E-state index contributed by atoms with van der Waals surface area (Å²) in [6.07, 6.45) is 3.94. The summed E-state index contributed by atoms with van der Waals surface area (Å²) in [5, 5.41) is 5.14. The van der Waals surface area contributed by atoms with E-state index in [1.54, 1.807) is 15.9 Å². The number of thiophene rings is 1. The molecule has 8 heteroatoms. The molecular formula is C22H24N6OS. The van der Waals surface area contributed by atoms with Crippen LogP contribution >= 0.6 is 11.3 Å². The molecule has 0 fully saturated rings. The lowest BCUT2D eigenvalue weighted by Crippen LogP contribution is -2.29. The minimum Gasteiger partial charge on any atom is -0.334 e. The molecule has 30 heavy (non-hydrogen) atoms. The second-order valence-electron chi connectivity index (χ2n) is 7.34. The van der Waals surface area contributed by atoms with Crippen LogP contribution in [0.3, 0.4) is 0 Å². The number of benzene rings is 1. The molecule has 154 valence electrons. The number of rotatable bonds is 5. The zero-order chi connectivity index (χ0) is 21.4. The van der Waals surface area contributed by atoms with Crippen LogP contribution in [-0.2, 0) is 6.42 Å². The zero-order valence-electron chi connectivity index (χ0n) is 17.7. The normalized spacial score (nSPS) is 12.3. The summed E-state index contributed by atoms with van der Waals surface area (Å²) in [6, 6.07) is 7.92. The Bertz CT molecular complexity index is 1200.